The molecule has 0 amide bonds. The molecule has 2 heterocycles. The van der Waals surface area contributed by atoms with Crippen LogP contribution in [0.3, 0.4) is 0 Å². The molecule has 2 aliphatic heterocycles. The van der Waals surface area contributed by atoms with Crippen molar-refractivity contribution in [1.29, 1.82) is 0 Å². The van der Waals surface area contributed by atoms with E-state index < -0.39 is 0 Å². The van der Waals surface area contributed by atoms with Gasteiger partial charge in [-0.05, 0) is 24.5 Å². The van der Waals surface area contributed by atoms with Crippen LogP contribution in [-0.2, 0) is 15.9 Å². The molecule has 102 valence electrons. The van der Waals surface area contributed by atoms with E-state index in [2.05, 4.69) is 36.1 Å². The molecule has 0 fully saturated rings. The summed E-state index contributed by atoms with van der Waals surface area (Å²) in [7, 11) is 3.52. The first-order valence-electron chi connectivity index (χ1n) is 6.79. The Morgan fingerprint density at radius 3 is 2.84 bits per heavy atom. The van der Waals surface area contributed by atoms with E-state index in [-0.39, 0.29) is 5.54 Å². The third kappa shape index (κ3) is 1.88. The summed E-state index contributed by atoms with van der Waals surface area (Å²) < 4.78 is 10.8. The van der Waals surface area contributed by atoms with Crippen LogP contribution in [0.25, 0.3) is 5.57 Å². The highest BCUT2D eigenvalue weighted by Crippen LogP contribution is 2.44. The van der Waals surface area contributed by atoms with Gasteiger partial charge in [0, 0.05) is 32.0 Å². The molecule has 0 saturated carbocycles. The second-order valence-electron chi connectivity index (χ2n) is 5.61. The van der Waals surface area contributed by atoms with Gasteiger partial charge in [-0.15, -0.1) is 0 Å². The number of nitrogens with zero attached hydrogens (tertiary/aromatic N) is 1. The largest absolute Gasteiger partial charge is 0.382 e. The summed E-state index contributed by atoms with van der Waals surface area (Å²) in [6.07, 6.45) is 3.44. The van der Waals surface area contributed by atoms with Crippen LogP contribution < -0.4 is 4.90 Å². The molecule has 0 spiro atoms. The van der Waals surface area contributed by atoms with Crippen molar-refractivity contribution in [2.75, 3.05) is 38.9 Å². The molecule has 0 aromatic heterocycles. The summed E-state index contributed by atoms with van der Waals surface area (Å²) in [6.45, 7) is 4.68. The van der Waals surface area contributed by atoms with Crippen LogP contribution in [0.2, 0.25) is 0 Å². The predicted octanol–water partition coefficient (Wildman–Crippen LogP) is 2.50. The first-order valence-corrected chi connectivity index (χ1v) is 6.79. The Balaban J connectivity index is 2.14. The predicted molar refractivity (Wildman–Crippen MR) is 77.6 cm³/mol. The molecule has 1 aromatic carbocycles. The van der Waals surface area contributed by atoms with Crippen molar-refractivity contribution in [3.05, 3.63) is 35.4 Å². The Hall–Kier alpha value is -1.32. The standard InChI is InChI=1S/C16H21NO2/c1-16(11-19-3)9-13(10-18-2)14-6-4-5-12-7-8-17(16)15(12)14/h4-6,9H,7-8,10-11H2,1-3H3. The fraction of sp³-hybridized carbons (Fsp3) is 0.500. The van der Waals surface area contributed by atoms with Crippen LogP contribution in [0.15, 0.2) is 24.3 Å². The van der Waals surface area contributed by atoms with E-state index in [1.807, 2.05) is 0 Å². The molecule has 0 radical (unpaired) electrons. The van der Waals surface area contributed by atoms with Crippen LogP contribution in [0.1, 0.15) is 18.1 Å². The van der Waals surface area contributed by atoms with Gasteiger partial charge >= 0.3 is 0 Å². The van der Waals surface area contributed by atoms with E-state index >= 15 is 0 Å². The number of methoxy groups -OCH3 is 2. The Morgan fingerprint density at radius 2 is 2.11 bits per heavy atom. The lowest BCUT2D eigenvalue weighted by Crippen LogP contribution is -2.49. The second-order valence-corrected chi connectivity index (χ2v) is 5.61. The van der Waals surface area contributed by atoms with Gasteiger partial charge in [-0.2, -0.15) is 0 Å². The van der Waals surface area contributed by atoms with Crippen molar-refractivity contribution in [2.45, 2.75) is 18.9 Å². The maximum Gasteiger partial charge on any atom is 0.0796 e. The van der Waals surface area contributed by atoms with Crippen LogP contribution in [0, 0.1) is 0 Å². The number of para-hydroxylation sites is 1. The zero-order chi connectivity index (χ0) is 13.5. The van der Waals surface area contributed by atoms with Crippen LogP contribution >= 0.6 is 0 Å². The highest BCUT2D eigenvalue weighted by Gasteiger charge is 2.39. The molecular weight excluding hydrogens is 238 g/mol. The normalized spacial score (nSPS) is 24.4. The molecule has 0 bridgehead atoms. The van der Waals surface area contributed by atoms with E-state index in [1.165, 1.54) is 22.4 Å². The zero-order valence-corrected chi connectivity index (χ0v) is 11.9. The molecule has 0 aliphatic carbocycles. The summed E-state index contributed by atoms with van der Waals surface area (Å²) in [5.41, 5.74) is 5.36. The fourth-order valence-corrected chi connectivity index (χ4v) is 3.44. The van der Waals surface area contributed by atoms with Crippen molar-refractivity contribution in [1.82, 2.24) is 0 Å². The summed E-state index contributed by atoms with van der Waals surface area (Å²) in [4.78, 5) is 2.49. The summed E-state index contributed by atoms with van der Waals surface area (Å²) in [6, 6.07) is 6.59. The number of anilines is 1. The van der Waals surface area contributed by atoms with E-state index in [4.69, 9.17) is 9.47 Å². The minimum atomic E-state index is -0.0672. The molecule has 3 nitrogen and oxygen atoms in total. The number of rotatable bonds is 4. The Labute approximate surface area is 114 Å². The van der Waals surface area contributed by atoms with Gasteiger partial charge in [0.2, 0.25) is 0 Å². The quantitative estimate of drug-likeness (QED) is 0.829. The molecule has 3 heteroatoms. The SMILES string of the molecule is COCC1=CC(C)(COC)N2CCc3cccc1c32. The second kappa shape index (κ2) is 4.66. The lowest BCUT2D eigenvalue weighted by molar-refractivity contribution is 0.156. The van der Waals surface area contributed by atoms with Crippen molar-refractivity contribution < 1.29 is 9.47 Å². The number of hydrogen-bond acceptors (Lipinski definition) is 3. The van der Waals surface area contributed by atoms with Gasteiger partial charge in [-0.25, -0.2) is 0 Å². The van der Waals surface area contributed by atoms with Gasteiger partial charge in [0.25, 0.3) is 0 Å². The average Bonchev–Trinajstić information content (AvgIpc) is 2.82. The Kier molecular flexibility index (Phi) is 3.11. The third-order valence-corrected chi connectivity index (χ3v) is 4.18. The maximum atomic E-state index is 5.45. The molecule has 0 N–H and O–H groups in total. The average molecular weight is 259 g/mol. The molecule has 2 aliphatic rings. The summed E-state index contributed by atoms with van der Waals surface area (Å²) in [5, 5.41) is 0. The van der Waals surface area contributed by atoms with Crippen LogP contribution in [-0.4, -0.2) is 39.5 Å². The molecule has 1 unspecified atom stereocenters. The summed E-state index contributed by atoms with van der Waals surface area (Å²) >= 11 is 0. The number of ether oxygens (including phenoxy) is 2. The zero-order valence-electron chi connectivity index (χ0n) is 11.9. The minimum absolute atomic E-state index is 0.0672. The molecule has 3 rings (SSSR count). The Bertz CT molecular complexity index is 523. The van der Waals surface area contributed by atoms with E-state index in [9.17, 15) is 0 Å². The number of hydrogen-bond donors (Lipinski definition) is 0. The molecule has 1 atom stereocenters. The van der Waals surface area contributed by atoms with Crippen molar-refractivity contribution in [2.24, 2.45) is 0 Å². The molecule has 19 heavy (non-hydrogen) atoms. The van der Waals surface area contributed by atoms with Crippen molar-refractivity contribution >= 4 is 11.3 Å². The van der Waals surface area contributed by atoms with Gasteiger partial charge in [-0.3, -0.25) is 0 Å². The van der Waals surface area contributed by atoms with Gasteiger partial charge in [-0.1, -0.05) is 24.3 Å². The van der Waals surface area contributed by atoms with E-state index in [0.717, 1.165) is 13.0 Å². The van der Waals surface area contributed by atoms with Crippen molar-refractivity contribution in [3.63, 3.8) is 0 Å². The van der Waals surface area contributed by atoms with Crippen molar-refractivity contribution in [3.8, 4) is 0 Å². The van der Waals surface area contributed by atoms with Gasteiger partial charge in [0.1, 0.15) is 0 Å². The Morgan fingerprint density at radius 1 is 1.26 bits per heavy atom. The molecule has 1 aromatic rings. The maximum absolute atomic E-state index is 5.45. The van der Waals surface area contributed by atoms with Gasteiger partial charge in [0.15, 0.2) is 0 Å². The monoisotopic (exact) mass is 259 g/mol. The van der Waals surface area contributed by atoms with Gasteiger partial charge < -0.3 is 14.4 Å². The fourth-order valence-electron chi connectivity index (χ4n) is 3.44. The highest BCUT2D eigenvalue weighted by molar-refractivity contribution is 5.85. The lowest BCUT2D eigenvalue weighted by atomic mass is 9.88. The highest BCUT2D eigenvalue weighted by atomic mass is 16.5. The number of benzene rings is 1. The lowest BCUT2D eigenvalue weighted by Gasteiger charge is -2.43. The third-order valence-electron chi connectivity index (χ3n) is 4.18. The topological polar surface area (TPSA) is 21.7 Å². The molecule has 0 saturated heterocycles. The van der Waals surface area contributed by atoms with Gasteiger partial charge in [0.05, 0.1) is 18.8 Å². The first-order chi connectivity index (χ1) is 9.19. The van der Waals surface area contributed by atoms with E-state index in [0.29, 0.717) is 13.2 Å². The smallest absolute Gasteiger partial charge is 0.0796 e. The van der Waals surface area contributed by atoms with Crippen LogP contribution in [0.5, 0.6) is 0 Å². The first kappa shape index (κ1) is 12.7. The van der Waals surface area contributed by atoms with Crippen LogP contribution in [0.4, 0.5) is 5.69 Å². The molecular formula is C16H21NO2. The van der Waals surface area contributed by atoms with E-state index in [1.54, 1.807) is 14.2 Å². The summed E-state index contributed by atoms with van der Waals surface area (Å²) in [5.74, 6) is 0. The minimum Gasteiger partial charge on any atom is -0.382 e.